The van der Waals surface area contributed by atoms with Crippen LogP contribution in [0.4, 0.5) is 5.82 Å². The Labute approximate surface area is 117 Å². The number of aromatic nitrogens is 2. The van der Waals surface area contributed by atoms with Crippen LogP contribution in [0.15, 0.2) is 0 Å². The van der Waals surface area contributed by atoms with Gasteiger partial charge in [-0.05, 0) is 41.9 Å². The van der Waals surface area contributed by atoms with Crippen molar-refractivity contribution in [3.63, 3.8) is 0 Å². The lowest BCUT2D eigenvalue weighted by molar-refractivity contribution is 0.638. The lowest BCUT2D eigenvalue weighted by Crippen LogP contribution is -2.11. The monoisotopic (exact) mass is 345 g/mol. The third-order valence-corrected chi connectivity index (χ3v) is 4.82. The molecule has 0 aromatic carbocycles. The molecule has 0 bridgehead atoms. The molecule has 2 rings (SSSR count). The van der Waals surface area contributed by atoms with Crippen molar-refractivity contribution in [2.75, 3.05) is 5.73 Å². The Balaban J connectivity index is 2.38. The van der Waals surface area contributed by atoms with Crippen LogP contribution in [-0.4, -0.2) is 9.97 Å². The first kappa shape index (κ1) is 13.1. The van der Waals surface area contributed by atoms with E-state index in [0.717, 1.165) is 15.8 Å². The van der Waals surface area contributed by atoms with Gasteiger partial charge in [-0.25, -0.2) is 9.97 Å². The molecular formula is C13H20IN3. The topological polar surface area (TPSA) is 51.8 Å². The predicted octanol–water partition coefficient (Wildman–Crippen LogP) is 3.83. The normalized spacial score (nSPS) is 18.5. The van der Waals surface area contributed by atoms with Crippen LogP contribution >= 0.6 is 22.6 Å². The molecule has 1 aliphatic carbocycles. The van der Waals surface area contributed by atoms with Crippen molar-refractivity contribution >= 4 is 28.4 Å². The molecule has 1 aromatic rings. The first-order chi connectivity index (χ1) is 8.13. The highest BCUT2D eigenvalue weighted by atomic mass is 127. The molecule has 1 aromatic heterocycles. The number of nitrogens with zero attached hydrogens (tertiary/aromatic N) is 2. The average molecular weight is 345 g/mol. The first-order valence-corrected chi connectivity index (χ1v) is 7.54. The van der Waals surface area contributed by atoms with Crippen molar-refractivity contribution in [3.8, 4) is 0 Å². The second-order valence-electron chi connectivity index (χ2n) is 4.96. The van der Waals surface area contributed by atoms with E-state index in [1.807, 2.05) is 0 Å². The van der Waals surface area contributed by atoms with Gasteiger partial charge in [-0.1, -0.05) is 26.7 Å². The maximum absolute atomic E-state index is 6.02. The average Bonchev–Trinajstić information content (AvgIpc) is 2.85. The van der Waals surface area contributed by atoms with Gasteiger partial charge in [0.2, 0.25) is 0 Å². The van der Waals surface area contributed by atoms with Crippen molar-refractivity contribution in [1.82, 2.24) is 9.97 Å². The third kappa shape index (κ3) is 2.72. The highest BCUT2D eigenvalue weighted by molar-refractivity contribution is 14.1. The molecular weight excluding hydrogens is 325 g/mol. The number of hydrogen-bond donors (Lipinski definition) is 1. The molecule has 3 nitrogen and oxygen atoms in total. The zero-order chi connectivity index (χ0) is 12.4. The van der Waals surface area contributed by atoms with Crippen LogP contribution in [0.2, 0.25) is 0 Å². The molecule has 0 radical (unpaired) electrons. The van der Waals surface area contributed by atoms with Crippen molar-refractivity contribution in [2.24, 2.45) is 0 Å². The van der Waals surface area contributed by atoms with E-state index in [1.165, 1.54) is 31.4 Å². The maximum Gasteiger partial charge on any atom is 0.140 e. The molecule has 17 heavy (non-hydrogen) atoms. The largest absolute Gasteiger partial charge is 0.383 e. The summed E-state index contributed by atoms with van der Waals surface area (Å²) >= 11 is 2.30. The summed E-state index contributed by atoms with van der Waals surface area (Å²) in [6.07, 6.45) is 6.22. The fourth-order valence-electron chi connectivity index (χ4n) is 2.37. The molecule has 0 saturated heterocycles. The molecule has 94 valence electrons. The molecule has 0 amide bonds. The summed E-state index contributed by atoms with van der Waals surface area (Å²) in [5, 5.41) is 0. The second kappa shape index (κ2) is 5.50. The van der Waals surface area contributed by atoms with Gasteiger partial charge in [0.25, 0.3) is 0 Å². The van der Waals surface area contributed by atoms with Crippen LogP contribution < -0.4 is 5.73 Å². The summed E-state index contributed by atoms with van der Waals surface area (Å²) in [6.45, 7) is 4.33. The Kier molecular flexibility index (Phi) is 4.22. The molecule has 4 heteroatoms. The quantitative estimate of drug-likeness (QED) is 0.847. The van der Waals surface area contributed by atoms with Gasteiger partial charge >= 0.3 is 0 Å². The van der Waals surface area contributed by atoms with Gasteiger partial charge < -0.3 is 5.73 Å². The summed E-state index contributed by atoms with van der Waals surface area (Å²) < 4.78 is 1.07. The number of nitrogens with two attached hydrogens (primary N) is 1. The van der Waals surface area contributed by atoms with E-state index in [0.29, 0.717) is 17.7 Å². The van der Waals surface area contributed by atoms with Gasteiger partial charge in [0.05, 0.1) is 9.26 Å². The minimum Gasteiger partial charge on any atom is -0.383 e. The number of hydrogen-bond acceptors (Lipinski definition) is 3. The number of halogens is 1. The Morgan fingerprint density at radius 2 is 2.00 bits per heavy atom. The molecule has 0 aliphatic heterocycles. The van der Waals surface area contributed by atoms with E-state index in [-0.39, 0.29) is 0 Å². The summed E-state index contributed by atoms with van der Waals surface area (Å²) in [4.78, 5) is 9.22. The van der Waals surface area contributed by atoms with Crippen LogP contribution in [0, 0.1) is 3.57 Å². The van der Waals surface area contributed by atoms with Gasteiger partial charge in [0.1, 0.15) is 11.6 Å². The molecule has 1 saturated carbocycles. The van der Waals surface area contributed by atoms with Gasteiger partial charge in [-0.3, -0.25) is 0 Å². The van der Waals surface area contributed by atoms with Crippen molar-refractivity contribution in [1.29, 1.82) is 0 Å². The van der Waals surface area contributed by atoms with Crippen molar-refractivity contribution in [2.45, 2.75) is 57.8 Å². The van der Waals surface area contributed by atoms with E-state index in [4.69, 9.17) is 10.7 Å². The van der Waals surface area contributed by atoms with Gasteiger partial charge in [-0.15, -0.1) is 0 Å². The molecule has 1 unspecified atom stereocenters. The Bertz CT molecular complexity index is 400. The Hall–Kier alpha value is -0.390. The number of rotatable bonds is 3. The minimum absolute atomic E-state index is 0.398. The highest BCUT2D eigenvalue weighted by Crippen LogP contribution is 2.37. The predicted molar refractivity (Wildman–Crippen MR) is 79.1 cm³/mol. The summed E-state index contributed by atoms with van der Waals surface area (Å²) in [5.74, 6) is 2.59. The Morgan fingerprint density at radius 3 is 2.59 bits per heavy atom. The van der Waals surface area contributed by atoms with Gasteiger partial charge in [0.15, 0.2) is 0 Å². The SMILES string of the molecule is CCC(C)c1nc(N)c(I)c(C2CCCC2)n1. The first-order valence-electron chi connectivity index (χ1n) is 6.46. The van der Waals surface area contributed by atoms with Crippen LogP contribution in [0.1, 0.15) is 69.3 Å². The van der Waals surface area contributed by atoms with E-state index in [1.54, 1.807) is 0 Å². The minimum atomic E-state index is 0.398. The van der Waals surface area contributed by atoms with Crippen LogP contribution in [0.5, 0.6) is 0 Å². The molecule has 1 fully saturated rings. The fourth-order valence-corrected chi connectivity index (χ4v) is 3.06. The van der Waals surface area contributed by atoms with E-state index in [2.05, 4.69) is 41.4 Å². The highest BCUT2D eigenvalue weighted by Gasteiger charge is 2.23. The number of nitrogen functional groups attached to an aromatic ring is 1. The zero-order valence-corrected chi connectivity index (χ0v) is 12.7. The lowest BCUT2D eigenvalue weighted by Gasteiger charge is -2.16. The zero-order valence-electron chi connectivity index (χ0n) is 10.5. The number of anilines is 1. The van der Waals surface area contributed by atoms with Crippen LogP contribution in [0.25, 0.3) is 0 Å². The molecule has 1 atom stereocenters. The van der Waals surface area contributed by atoms with E-state index >= 15 is 0 Å². The molecule has 1 aliphatic rings. The van der Waals surface area contributed by atoms with Crippen LogP contribution in [-0.2, 0) is 0 Å². The summed E-state index contributed by atoms with van der Waals surface area (Å²) in [6, 6.07) is 0. The molecule has 1 heterocycles. The van der Waals surface area contributed by atoms with E-state index < -0.39 is 0 Å². The fraction of sp³-hybridized carbons (Fsp3) is 0.692. The summed E-state index contributed by atoms with van der Waals surface area (Å²) in [7, 11) is 0. The molecule has 2 N–H and O–H groups in total. The molecule has 0 spiro atoms. The van der Waals surface area contributed by atoms with Crippen molar-refractivity contribution in [3.05, 3.63) is 15.1 Å². The Morgan fingerprint density at radius 1 is 1.35 bits per heavy atom. The van der Waals surface area contributed by atoms with Gasteiger partial charge in [0, 0.05) is 11.8 Å². The van der Waals surface area contributed by atoms with Gasteiger partial charge in [-0.2, -0.15) is 0 Å². The van der Waals surface area contributed by atoms with Crippen molar-refractivity contribution < 1.29 is 0 Å². The van der Waals surface area contributed by atoms with E-state index in [9.17, 15) is 0 Å². The third-order valence-electron chi connectivity index (χ3n) is 3.71. The maximum atomic E-state index is 6.02. The summed E-state index contributed by atoms with van der Waals surface area (Å²) in [5.41, 5.74) is 7.22. The lowest BCUT2D eigenvalue weighted by atomic mass is 10.0. The standard InChI is InChI=1S/C13H20IN3/c1-3-8(2)13-16-11(9-6-4-5-7-9)10(14)12(15)17-13/h8-9H,3-7H2,1-2H3,(H2,15,16,17). The second-order valence-corrected chi connectivity index (χ2v) is 6.04. The smallest absolute Gasteiger partial charge is 0.140 e. The van der Waals surface area contributed by atoms with Crippen LogP contribution in [0.3, 0.4) is 0 Å².